The Balaban J connectivity index is 1.40. The van der Waals surface area contributed by atoms with Crippen LogP contribution in [0.25, 0.3) is 0 Å². The average molecular weight is 460 g/mol. The summed E-state index contributed by atoms with van der Waals surface area (Å²) < 4.78 is 27.6. The number of piperidine rings is 1. The number of fused-ring (bicyclic) bond motifs is 1. The second-order valence-corrected chi connectivity index (χ2v) is 10.7. The number of rotatable bonds is 5. The van der Waals surface area contributed by atoms with Gasteiger partial charge in [0, 0.05) is 29.6 Å². The summed E-state index contributed by atoms with van der Waals surface area (Å²) in [7, 11) is -3.69. The van der Waals surface area contributed by atoms with E-state index in [0.29, 0.717) is 24.3 Å². The molecule has 0 aliphatic carbocycles. The highest BCUT2D eigenvalue weighted by molar-refractivity contribution is 8.00. The van der Waals surface area contributed by atoms with Gasteiger partial charge in [0.15, 0.2) is 0 Å². The van der Waals surface area contributed by atoms with E-state index in [1.54, 1.807) is 12.1 Å². The van der Waals surface area contributed by atoms with Crippen molar-refractivity contribution in [2.75, 3.05) is 29.5 Å². The van der Waals surface area contributed by atoms with Gasteiger partial charge < -0.3 is 10.6 Å². The van der Waals surface area contributed by atoms with Crippen molar-refractivity contribution in [2.24, 2.45) is 5.92 Å². The van der Waals surface area contributed by atoms with Gasteiger partial charge in [-0.3, -0.25) is 9.59 Å². The number of thioether (sulfide) groups is 1. The highest BCUT2D eigenvalue weighted by atomic mass is 32.2. The van der Waals surface area contributed by atoms with Crippen molar-refractivity contribution >= 4 is 45.0 Å². The van der Waals surface area contributed by atoms with E-state index in [1.165, 1.54) is 22.1 Å². The van der Waals surface area contributed by atoms with Crippen molar-refractivity contribution in [3.8, 4) is 0 Å². The van der Waals surface area contributed by atoms with Crippen molar-refractivity contribution < 1.29 is 18.0 Å². The molecule has 2 aliphatic heterocycles. The molecule has 31 heavy (non-hydrogen) atoms. The van der Waals surface area contributed by atoms with Gasteiger partial charge in [0.2, 0.25) is 21.8 Å². The first-order valence-electron chi connectivity index (χ1n) is 10.3. The van der Waals surface area contributed by atoms with Crippen molar-refractivity contribution in [1.82, 2.24) is 4.31 Å². The Morgan fingerprint density at radius 2 is 1.97 bits per heavy atom. The normalized spacial score (nSPS) is 17.6. The topological polar surface area (TPSA) is 95.6 Å². The highest BCUT2D eigenvalue weighted by Crippen LogP contribution is 2.34. The van der Waals surface area contributed by atoms with Crippen LogP contribution in [-0.2, 0) is 26.0 Å². The summed E-state index contributed by atoms with van der Waals surface area (Å²) >= 11 is 1.39. The molecule has 164 valence electrons. The van der Waals surface area contributed by atoms with Gasteiger partial charge in [0.25, 0.3) is 0 Å². The van der Waals surface area contributed by atoms with Crippen LogP contribution in [0.2, 0.25) is 0 Å². The van der Waals surface area contributed by atoms with E-state index < -0.39 is 10.0 Å². The van der Waals surface area contributed by atoms with Gasteiger partial charge in [-0.25, -0.2) is 8.42 Å². The van der Waals surface area contributed by atoms with Crippen molar-refractivity contribution in [3.05, 3.63) is 48.0 Å². The van der Waals surface area contributed by atoms with E-state index in [0.717, 1.165) is 22.6 Å². The standard InChI is InChI=1S/C22H25N3O4S2/c1-2-15-4-3-5-17(12-15)23-22(27)16-8-10-25(11-9-16)31(28,29)18-6-7-20-19(13-18)24-21(26)14-30-20/h3-7,12-13,16H,2,8-11,14H2,1H3,(H,23,27)(H,24,26). The Kier molecular flexibility index (Phi) is 6.36. The molecule has 4 rings (SSSR count). The molecule has 0 unspecified atom stereocenters. The molecule has 2 N–H and O–H groups in total. The number of amides is 2. The van der Waals surface area contributed by atoms with Crippen LogP contribution in [0.15, 0.2) is 52.3 Å². The molecule has 2 amide bonds. The molecular weight excluding hydrogens is 434 g/mol. The third kappa shape index (κ3) is 4.78. The highest BCUT2D eigenvalue weighted by Gasteiger charge is 2.33. The SMILES string of the molecule is CCc1cccc(NC(=O)C2CCN(S(=O)(=O)c3ccc4c(c3)NC(=O)CS4)CC2)c1. The predicted octanol–water partition coefficient (Wildman–Crippen LogP) is 3.33. The Labute approximate surface area is 186 Å². The molecule has 0 aromatic heterocycles. The third-order valence-electron chi connectivity index (χ3n) is 5.65. The fourth-order valence-corrected chi connectivity index (χ4v) is 6.13. The largest absolute Gasteiger partial charge is 0.326 e. The molecule has 7 nitrogen and oxygen atoms in total. The van der Waals surface area contributed by atoms with E-state index in [1.807, 2.05) is 24.3 Å². The van der Waals surface area contributed by atoms with Gasteiger partial charge in [-0.05, 0) is 55.2 Å². The maximum atomic E-state index is 13.1. The van der Waals surface area contributed by atoms with Gasteiger partial charge in [-0.1, -0.05) is 19.1 Å². The molecular formula is C22H25N3O4S2. The smallest absolute Gasteiger partial charge is 0.243 e. The first-order valence-corrected chi connectivity index (χ1v) is 12.8. The molecule has 0 saturated carbocycles. The number of sulfonamides is 1. The van der Waals surface area contributed by atoms with Crippen LogP contribution >= 0.6 is 11.8 Å². The third-order valence-corrected chi connectivity index (χ3v) is 8.62. The minimum absolute atomic E-state index is 0.0705. The van der Waals surface area contributed by atoms with Crippen LogP contribution < -0.4 is 10.6 Å². The van der Waals surface area contributed by atoms with Gasteiger partial charge >= 0.3 is 0 Å². The molecule has 2 aliphatic rings. The molecule has 0 atom stereocenters. The lowest BCUT2D eigenvalue weighted by Crippen LogP contribution is -2.41. The zero-order chi connectivity index (χ0) is 22.0. The van der Waals surface area contributed by atoms with Gasteiger partial charge in [0.1, 0.15) is 0 Å². The number of aryl methyl sites for hydroxylation is 1. The lowest BCUT2D eigenvalue weighted by molar-refractivity contribution is -0.121. The fourth-order valence-electron chi connectivity index (χ4n) is 3.84. The Bertz CT molecular complexity index is 1110. The number of carbonyl (C=O) groups excluding carboxylic acids is 2. The van der Waals surface area contributed by atoms with Crippen LogP contribution in [0.5, 0.6) is 0 Å². The summed E-state index contributed by atoms with van der Waals surface area (Å²) in [6, 6.07) is 12.6. The second-order valence-electron chi connectivity index (χ2n) is 7.72. The number of benzene rings is 2. The maximum absolute atomic E-state index is 13.1. The van der Waals surface area contributed by atoms with E-state index in [4.69, 9.17) is 0 Å². The zero-order valence-electron chi connectivity index (χ0n) is 17.3. The molecule has 0 spiro atoms. The van der Waals surface area contributed by atoms with E-state index in [9.17, 15) is 18.0 Å². The minimum Gasteiger partial charge on any atom is -0.326 e. The minimum atomic E-state index is -3.69. The van der Waals surface area contributed by atoms with Crippen LogP contribution in [0, 0.1) is 5.92 Å². The van der Waals surface area contributed by atoms with Gasteiger partial charge in [0.05, 0.1) is 16.3 Å². The van der Waals surface area contributed by atoms with Crippen LogP contribution in [-0.4, -0.2) is 43.4 Å². The number of nitrogens with zero attached hydrogens (tertiary/aromatic N) is 1. The zero-order valence-corrected chi connectivity index (χ0v) is 18.9. The maximum Gasteiger partial charge on any atom is 0.243 e. The molecule has 2 aromatic carbocycles. The first-order chi connectivity index (χ1) is 14.9. The summed E-state index contributed by atoms with van der Waals surface area (Å²) in [5.74, 6) is -0.102. The number of nitrogens with one attached hydrogen (secondary N) is 2. The van der Waals surface area contributed by atoms with Crippen LogP contribution in [0.1, 0.15) is 25.3 Å². The Morgan fingerprint density at radius 3 is 2.71 bits per heavy atom. The van der Waals surface area contributed by atoms with Crippen molar-refractivity contribution in [1.29, 1.82) is 0 Å². The number of anilines is 2. The lowest BCUT2D eigenvalue weighted by atomic mass is 9.97. The molecule has 1 fully saturated rings. The Morgan fingerprint density at radius 1 is 1.19 bits per heavy atom. The number of hydrogen-bond acceptors (Lipinski definition) is 5. The summed E-state index contributed by atoms with van der Waals surface area (Å²) in [6.07, 6.45) is 1.83. The quantitative estimate of drug-likeness (QED) is 0.715. The fraction of sp³-hybridized carbons (Fsp3) is 0.364. The van der Waals surface area contributed by atoms with Crippen molar-refractivity contribution in [2.45, 2.75) is 36.0 Å². The molecule has 0 radical (unpaired) electrons. The van der Waals surface area contributed by atoms with Crippen molar-refractivity contribution in [3.63, 3.8) is 0 Å². The molecule has 2 aromatic rings. The summed E-state index contributed by atoms with van der Waals surface area (Å²) in [5, 5.41) is 5.69. The molecule has 0 bridgehead atoms. The van der Waals surface area contributed by atoms with Gasteiger partial charge in [-0.15, -0.1) is 11.8 Å². The monoisotopic (exact) mass is 459 g/mol. The second kappa shape index (κ2) is 9.02. The number of carbonyl (C=O) groups is 2. The summed E-state index contributed by atoms with van der Waals surface area (Å²) in [5.41, 5.74) is 2.46. The Hall–Kier alpha value is -2.36. The lowest BCUT2D eigenvalue weighted by Gasteiger charge is -2.31. The van der Waals surface area contributed by atoms with E-state index in [2.05, 4.69) is 17.6 Å². The first kappa shape index (κ1) is 21.9. The van der Waals surface area contributed by atoms with E-state index in [-0.39, 0.29) is 35.7 Å². The van der Waals surface area contributed by atoms with Crippen LogP contribution in [0.4, 0.5) is 11.4 Å². The molecule has 9 heteroatoms. The molecule has 1 saturated heterocycles. The summed E-state index contributed by atoms with van der Waals surface area (Å²) in [6.45, 7) is 2.63. The molecule has 2 heterocycles. The average Bonchev–Trinajstić information content (AvgIpc) is 2.78. The predicted molar refractivity (Wildman–Crippen MR) is 122 cm³/mol. The summed E-state index contributed by atoms with van der Waals surface area (Å²) in [4.78, 5) is 25.3. The van der Waals surface area contributed by atoms with Crippen LogP contribution in [0.3, 0.4) is 0 Å². The van der Waals surface area contributed by atoms with E-state index >= 15 is 0 Å². The van der Waals surface area contributed by atoms with Gasteiger partial charge in [-0.2, -0.15) is 4.31 Å². The number of hydrogen-bond donors (Lipinski definition) is 2.